The van der Waals surface area contributed by atoms with Crippen molar-refractivity contribution in [2.45, 2.75) is 37.5 Å². The summed E-state index contributed by atoms with van der Waals surface area (Å²) in [7, 11) is 2.24. The van der Waals surface area contributed by atoms with Crippen LogP contribution in [0.3, 0.4) is 0 Å². The Hall–Kier alpha value is -6.06. The third-order valence-electron chi connectivity index (χ3n) is 12.1. The van der Waals surface area contributed by atoms with Crippen LogP contribution in [0.25, 0.3) is 60.6 Å². The number of fused-ring (bicyclic) bond motifs is 9. The first-order valence-corrected chi connectivity index (χ1v) is 18.8. The van der Waals surface area contributed by atoms with E-state index in [0.717, 1.165) is 25.7 Å². The van der Waals surface area contributed by atoms with Crippen LogP contribution in [0.4, 0.5) is 5.69 Å². The molecule has 0 N–H and O–H groups in total. The smallest absolute Gasteiger partial charge is 0.0547 e. The fourth-order valence-corrected chi connectivity index (χ4v) is 9.51. The van der Waals surface area contributed by atoms with E-state index in [0.29, 0.717) is 5.92 Å². The number of hydrogen-bond acceptors (Lipinski definition) is 1. The summed E-state index contributed by atoms with van der Waals surface area (Å²) >= 11 is 0. The lowest BCUT2D eigenvalue weighted by Gasteiger charge is -2.24. The molecule has 2 unspecified atom stereocenters. The zero-order valence-corrected chi connectivity index (χ0v) is 29.3. The van der Waals surface area contributed by atoms with E-state index < -0.39 is 0 Å². The van der Waals surface area contributed by atoms with Crippen LogP contribution in [0.5, 0.6) is 0 Å². The zero-order valence-electron chi connectivity index (χ0n) is 29.3. The van der Waals surface area contributed by atoms with Crippen molar-refractivity contribution >= 4 is 60.6 Å². The van der Waals surface area contributed by atoms with Crippen LogP contribution in [-0.2, 0) is 0 Å². The number of aromatic nitrogens is 2. The Morgan fingerprint density at radius 2 is 1.38 bits per heavy atom. The number of likely N-dealkylation sites (N-methyl/N-ethyl adjacent to an activating group) is 1. The van der Waals surface area contributed by atoms with Gasteiger partial charge in [0.05, 0.1) is 22.1 Å². The van der Waals surface area contributed by atoms with Gasteiger partial charge >= 0.3 is 0 Å². The molecule has 0 spiro atoms. The standard InChI is InChI=1S/C49H39N3/c1-50-44-26-22-36(51-46-18-10-8-16-38(46)40-24-20-34(28-48(40)51)32-12-4-2-5-13-32)30-42(44)43-31-37(23-27-45(43)50)52-47-19-11-9-17-39(47)41-25-21-35(29-49(41)52)33-14-6-3-7-15-33/h2-6,8-12,14,16-29,31-32,42H,7,13,15,30H2,1H3. The van der Waals surface area contributed by atoms with Crippen LogP contribution < -0.4 is 4.90 Å². The summed E-state index contributed by atoms with van der Waals surface area (Å²) in [5.41, 5.74) is 15.9. The van der Waals surface area contributed by atoms with Gasteiger partial charge in [0.25, 0.3) is 0 Å². The molecule has 11 rings (SSSR count). The molecule has 0 radical (unpaired) electrons. The first-order valence-electron chi connectivity index (χ1n) is 18.8. The molecule has 250 valence electrons. The van der Waals surface area contributed by atoms with Crippen molar-refractivity contribution in [3.8, 4) is 5.69 Å². The lowest BCUT2D eigenvalue weighted by Crippen LogP contribution is -2.16. The fraction of sp³-hybridized carbons (Fsp3) is 0.143. The molecule has 52 heavy (non-hydrogen) atoms. The van der Waals surface area contributed by atoms with Gasteiger partial charge in [-0.25, -0.2) is 0 Å². The van der Waals surface area contributed by atoms with Crippen molar-refractivity contribution in [3.05, 3.63) is 180 Å². The number of allylic oxidation sites excluding steroid dienone is 12. The largest absolute Gasteiger partial charge is 0.347 e. The maximum absolute atomic E-state index is 2.55. The highest BCUT2D eigenvalue weighted by Gasteiger charge is 2.35. The summed E-state index contributed by atoms with van der Waals surface area (Å²) in [6.07, 6.45) is 24.7. The fourth-order valence-electron chi connectivity index (χ4n) is 9.51. The second-order valence-corrected chi connectivity index (χ2v) is 14.8. The highest BCUT2D eigenvalue weighted by molar-refractivity contribution is 6.11. The molecule has 3 heteroatoms. The molecule has 2 aromatic heterocycles. The molecular weight excluding hydrogens is 631 g/mol. The molecule has 0 saturated carbocycles. The Morgan fingerprint density at radius 3 is 2.17 bits per heavy atom. The number of benzene rings is 5. The van der Waals surface area contributed by atoms with E-state index in [4.69, 9.17) is 0 Å². The van der Waals surface area contributed by atoms with Gasteiger partial charge in [-0.2, -0.15) is 0 Å². The Balaban J connectivity index is 1.04. The SMILES string of the molecule is CN1C2=CC=C(n3c4ccccc4c4ccc(C5C=CC=CC5)cc43)CC2c2cc(-n3c4ccccc4c4ccc(C5=CC=CCC5)cc43)ccc21. The molecule has 0 saturated heterocycles. The summed E-state index contributed by atoms with van der Waals surface area (Å²) in [4.78, 5) is 2.41. The first kappa shape index (κ1) is 29.6. The molecule has 2 atom stereocenters. The zero-order chi connectivity index (χ0) is 34.3. The number of nitrogens with zero attached hydrogens (tertiary/aromatic N) is 3. The summed E-state index contributed by atoms with van der Waals surface area (Å²) in [5.74, 6) is 0.684. The summed E-state index contributed by atoms with van der Waals surface area (Å²) in [6.45, 7) is 0. The van der Waals surface area contributed by atoms with E-state index in [2.05, 4.69) is 179 Å². The second kappa shape index (κ2) is 11.5. The molecular formula is C49H39N3. The minimum Gasteiger partial charge on any atom is -0.347 e. The monoisotopic (exact) mass is 669 g/mol. The van der Waals surface area contributed by atoms with Crippen molar-refractivity contribution in [2.24, 2.45) is 0 Å². The molecule has 4 aliphatic rings. The third kappa shape index (κ3) is 4.38. The van der Waals surface area contributed by atoms with Gasteiger partial charge in [0.15, 0.2) is 0 Å². The predicted molar refractivity (Wildman–Crippen MR) is 220 cm³/mol. The molecule has 3 heterocycles. The Kier molecular flexibility index (Phi) is 6.55. The van der Waals surface area contributed by atoms with Crippen molar-refractivity contribution in [2.75, 3.05) is 11.9 Å². The maximum atomic E-state index is 2.55. The molecule has 0 amide bonds. The van der Waals surface area contributed by atoms with E-state index in [1.54, 1.807) is 0 Å². The van der Waals surface area contributed by atoms with E-state index in [9.17, 15) is 0 Å². The lowest BCUT2D eigenvalue weighted by atomic mass is 9.89. The predicted octanol–water partition coefficient (Wildman–Crippen LogP) is 12.6. The van der Waals surface area contributed by atoms with Crippen molar-refractivity contribution in [1.29, 1.82) is 0 Å². The van der Waals surface area contributed by atoms with E-state index >= 15 is 0 Å². The average Bonchev–Trinajstić information content (AvgIpc) is 3.82. The van der Waals surface area contributed by atoms with E-state index in [1.165, 1.54) is 88.6 Å². The number of anilines is 1. The van der Waals surface area contributed by atoms with Gasteiger partial charge in [-0.1, -0.05) is 103 Å². The van der Waals surface area contributed by atoms with Gasteiger partial charge in [0.1, 0.15) is 0 Å². The van der Waals surface area contributed by atoms with E-state index in [1.807, 2.05) is 0 Å². The molecule has 5 aromatic carbocycles. The minimum absolute atomic E-state index is 0.272. The number of rotatable bonds is 4. The normalized spacial score (nSPS) is 19.4. The van der Waals surface area contributed by atoms with Crippen LogP contribution in [0.15, 0.2) is 164 Å². The molecule has 0 bridgehead atoms. The van der Waals surface area contributed by atoms with E-state index in [-0.39, 0.29) is 5.92 Å². The lowest BCUT2D eigenvalue weighted by molar-refractivity contribution is 0.799. The average molecular weight is 670 g/mol. The van der Waals surface area contributed by atoms with Gasteiger partial charge in [-0.3, -0.25) is 0 Å². The van der Waals surface area contributed by atoms with Crippen LogP contribution in [-0.4, -0.2) is 16.2 Å². The number of para-hydroxylation sites is 2. The highest BCUT2D eigenvalue weighted by Crippen LogP contribution is 2.50. The van der Waals surface area contributed by atoms with Crippen LogP contribution in [0.1, 0.15) is 54.2 Å². The number of hydrogen-bond donors (Lipinski definition) is 0. The van der Waals surface area contributed by atoms with Gasteiger partial charge in [-0.15, -0.1) is 0 Å². The Bertz CT molecular complexity index is 2820. The van der Waals surface area contributed by atoms with Gasteiger partial charge in [0, 0.05) is 69.6 Å². The maximum Gasteiger partial charge on any atom is 0.0547 e. The summed E-state index contributed by atoms with van der Waals surface area (Å²) in [5, 5.41) is 5.24. The molecule has 0 fully saturated rings. The quantitative estimate of drug-likeness (QED) is 0.182. The van der Waals surface area contributed by atoms with Crippen LogP contribution >= 0.6 is 0 Å². The third-order valence-corrected chi connectivity index (χ3v) is 12.1. The van der Waals surface area contributed by atoms with Crippen molar-refractivity contribution < 1.29 is 0 Å². The summed E-state index contributed by atoms with van der Waals surface area (Å²) < 4.78 is 5.05. The Labute approximate surface area is 304 Å². The van der Waals surface area contributed by atoms with Gasteiger partial charge in [0.2, 0.25) is 0 Å². The van der Waals surface area contributed by atoms with Crippen LogP contribution in [0, 0.1) is 0 Å². The second-order valence-electron chi connectivity index (χ2n) is 14.8. The first-order chi connectivity index (χ1) is 25.7. The molecule has 3 nitrogen and oxygen atoms in total. The molecule has 3 aliphatic carbocycles. The van der Waals surface area contributed by atoms with Crippen molar-refractivity contribution in [1.82, 2.24) is 9.13 Å². The topological polar surface area (TPSA) is 13.1 Å². The van der Waals surface area contributed by atoms with Gasteiger partial charge < -0.3 is 14.0 Å². The van der Waals surface area contributed by atoms with Gasteiger partial charge in [-0.05, 0) is 96.1 Å². The molecule has 7 aromatic rings. The highest BCUT2D eigenvalue weighted by atomic mass is 15.2. The Morgan fingerprint density at radius 1 is 0.615 bits per heavy atom. The van der Waals surface area contributed by atoms with Crippen LogP contribution in [0.2, 0.25) is 0 Å². The summed E-state index contributed by atoms with van der Waals surface area (Å²) in [6, 6.07) is 39.2. The van der Waals surface area contributed by atoms with Crippen molar-refractivity contribution in [3.63, 3.8) is 0 Å². The molecule has 1 aliphatic heterocycles. The minimum atomic E-state index is 0.272.